The molecule has 0 aliphatic heterocycles. The van der Waals surface area contributed by atoms with Gasteiger partial charge in [-0.1, -0.05) is 12.1 Å². The molecule has 0 spiro atoms. The van der Waals surface area contributed by atoms with Gasteiger partial charge in [0.2, 0.25) is 0 Å². The summed E-state index contributed by atoms with van der Waals surface area (Å²) in [5, 5.41) is 10.2. The molecule has 0 bridgehead atoms. The van der Waals surface area contributed by atoms with E-state index in [9.17, 15) is 5.11 Å². The topological polar surface area (TPSA) is 33.1 Å². The fraction of sp³-hybridized carbons (Fsp3) is 0. The minimum atomic E-state index is 0. The molecule has 2 nitrogen and oxygen atoms in total. The van der Waals surface area contributed by atoms with Crippen molar-refractivity contribution >= 4 is 31.7 Å². The van der Waals surface area contributed by atoms with Crippen LogP contribution >= 0.6 is 11.3 Å². The van der Waals surface area contributed by atoms with E-state index >= 15 is 0 Å². The molecular formula is C13H11BeNOS. The summed E-state index contributed by atoms with van der Waals surface area (Å²) in [6, 6.07) is 15.2. The fourth-order valence-electron chi connectivity index (χ4n) is 1.60. The maximum atomic E-state index is 9.23. The zero-order valence-electron chi connectivity index (χ0n) is 8.42. The quantitative estimate of drug-likeness (QED) is 0.661. The molecule has 0 amide bonds. The predicted octanol–water partition coefficient (Wildman–Crippen LogP) is 2.75. The van der Waals surface area contributed by atoms with Gasteiger partial charge in [-0.3, -0.25) is 0 Å². The van der Waals surface area contributed by atoms with Crippen LogP contribution in [0.1, 0.15) is 0 Å². The summed E-state index contributed by atoms with van der Waals surface area (Å²) < 4.78 is 1.19. The first kappa shape index (κ1) is 11.8. The van der Waals surface area contributed by atoms with Crippen LogP contribution in [-0.4, -0.2) is 20.2 Å². The average Bonchev–Trinajstić information content (AvgIpc) is 2.73. The van der Waals surface area contributed by atoms with Crippen molar-refractivity contribution in [3.8, 4) is 16.3 Å². The number of aromatic nitrogens is 1. The van der Waals surface area contributed by atoms with E-state index in [1.807, 2.05) is 30.3 Å². The van der Waals surface area contributed by atoms with Gasteiger partial charge in [0.1, 0.15) is 10.8 Å². The third-order valence-electron chi connectivity index (χ3n) is 2.41. The number of phenols is 1. The maximum absolute atomic E-state index is 9.23. The Morgan fingerprint density at radius 1 is 0.941 bits per heavy atom. The van der Waals surface area contributed by atoms with Gasteiger partial charge in [-0.25, -0.2) is 4.98 Å². The van der Waals surface area contributed by atoms with Gasteiger partial charge in [-0.05, 0) is 36.4 Å². The van der Waals surface area contributed by atoms with Crippen molar-refractivity contribution in [2.75, 3.05) is 0 Å². The predicted molar refractivity (Wildman–Crippen MR) is 75.3 cm³/mol. The summed E-state index contributed by atoms with van der Waals surface area (Å²) in [5.41, 5.74) is 2.06. The molecule has 4 heteroatoms. The second-order valence-electron chi connectivity index (χ2n) is 3.53. The summed E-state index contributed by atoms with van der Waals surface area (Å²) in [7, 11) is 0. The van der Waals surface area contributed by atoms with E-state index in [2.05, 4.69) is 11.1 Å². The second-order valence-corrected chi connectivity index (χ2v) is 4.56. The molecule has 0 fully saturated rings. The molecule has 0 aliphatic rings. The molecule has 2 aromatic carbocycles. The van der Waals surface area contributed by atoms with Gasteiger partial charge in [0.25, 0.3) is 0 Å². The Labute approximate surface area is 107 Å². The Morgan fingerprint density at radius 3 is 2.35 bits per heavy atom. The Hall–Kier alpha value is -1.70. The van der Waals surface area contributed by atoms with Crippen LogP contribution in [0.15, 0.2) is 48.5 Å². The SMILES string of the molecule is Oc1ccc(-c2nc3ccccc3s2)cc1.[BeH2]. The van der Waals surface area contributed by atoms with Crippen LogP contribution in [0.2, 0.25) is 0 Å². The van der Waals surface area contributed by atoms with E-state index in [1.54, 1.807) is 23.5 Å². The van der Waals surface area contributed by atoms with Crippen LogP contribution in [-0.2, 0) is 0 Å². The molecule has 0 unspecified atom stereocenters. The van der Waals surface area contributed by atoms with Crippen molar-refractivity contribution in [2.24, 2.45) is 0 Å². The number of benzene rings is 2. The molecule has 3 aromatic rings. The number of fused-ring (bicyclic) bond motifs is 1. The standard InChI is InChI=1S/C13H9NOS.Be.2H/c15-10-7-5-9(6-8-10)13-14-11-3-1-2-4-12(11)16-13;;;/h1-8,15H;;;. The van der Waals surface area contributed by atoms with E-state index in [0.29, 0.717) is 0 Å². The summed E-state index contributed by atoms with van der Waals surface area (Å²) >= 11 is 1.66. The Kier molecular flexibility index (Phi) is 3.23. The molecule has 1 N–H and O–H groups in total. The van der Waals surface area contributed by atoms with Crippen molar-refractivity contribution in [1.82, 2.24) is 4.98 Å². The number of hydrogen-bond donors (Lipinski definition) is 1. The molecule has 0 saturated carbocycles. The van der Waals surface area contributed by atoms with E-state index in [-0.39, 0.29) is 15.9 Å². The van der Waals surface area contributed by atoms with Gasteiger partial charge in [-0.15, -0.1) is 11.3 Å². The zero-order chi connectivity index (χ0) is 11.0. The van der Waals surface area contributed by atoms with Gasteiger partial charge < -0.3 is 5.11 Å². The first-order valence-electron chi connectivity index (χ1n) is 4.98. The zero-order valence-corrected chi connectivity index (χ0v) is 9.24. The number of hydrogen-bond acceptors (Lipinski definition) is 3. The molecule has 1 aromatic heterocycles. The number of para-hydroxylation sites is 1. The normalized spacial score (nSPS) is 10.1. The number of rotatable bonds is 1. The first-order valence-corrected chi connectivity index (χ1v) is 5.79. The van der Waals surface area contributed by atoms with Crippen molar-refractivity contribution in [3.63, 3.8) is 0 Å². The van der Waals surface area contributed by atoms with Crippen molar-refractivity contribution in [2.45, 2.75) is 0 Å². The molecule has 0 saturated heterocycles. The van der Waals surface area contributed by atoms with Crippen LogP contribution < -0.4 is 0 Å². The number of phenolic OH excluding ortho intramolecular Hbond substituents is 1. The van der Waals surface area contributed by atoms with Crippen molar-refractivity contribution < 1.29 is 5.11 Å². The van der Waals surface area contributed by atoms with Crippen LogP contribution in [0.4, 0.5) is 0 Å². The van der Waals surface area contributed by atoms with Crippen LogP contribution in [0, 0.1) is 0 Å². The van der Waals surface area contributed by atoms with Crippen LogP contribution in [0.25, 0.3) is 20.8 Å². The van der Waals surface area contributed by atoms with E-state index in [0.717, 1.165) is 16.1 Å². The fourth-order valence-corrected chi connectivity index (χ4v) is 2.57. The Morgan fingerprint density at radius 2 is 1.65 bits per heavy atom. The molecule has 82 valence electrons. The average molecular weight is 238 g/mol. The van der Waals surface area contributed by atoms with Crippen molar-refractivity contribution in [1.29, 1.82) is 0 Å². The first-order chi connectivity index (χ1) is 7.83. The Bertz CT molecular complexity index is 600. The van der Waals surface area contributed by atoms with Gasteiger partial charge in [0, 0.05) is 5.56 Å². The second kappa shape index (κ2) is 4.66. The molecule has 0 aliphatic carbocycles. The number of thiazole rings is 1. The monoisotopic (exact) mass is 238 g/mol. The van der Waals surface area contributed by atoms with Crippen LogP contribution in [0.5, 0.6) is 5.75 Å². The number of nitrogens with zero attached hydrogens (tertiary/aromatic N) is 1. The molecule has 3 rings (SSSR count). The van der Waals surface area contributed by atoms with Crippen molar-refractivity contribution in [3.05, 3.63) is 48.5 Å². The van der Waals surface area contributed by atoms with E-state index in [1.165, 1.54) is 4.70 Å². The summed E-state index contributed by atoms with van der Waals surface area (Å²) in [6.07, 6.45) is 0. The van der Waals surface area contributed by atoms with Gasteiger partial charge in [-0.2, -0.15) is 0 Å². The molecule has 0 atom stereocenters. The Balaban J connectivity index is 0.00000108. The molecular weight excluding hydrogens is 227 g/mol. The third kappa shape index (κ3) is 2.21. The molecule has 1 heterocycles. The molecule has 17 heavy (non-hydrogen) atoms. The van der Waals surface area contributed by atoms with Crippen LogP contribution in [0.3, 0.4) is 0 Å². The summed E-state index contributed by atoms with van der Waals surface area (Å²) in [4.78, 5) is 4.55. The van der Waals surface area contributed by atoms with Gasteiger partial charge in [0.05, 0.1) is 10.2 Å². The minimum absolute atomic E-state index is 0. The van der Waals surface area contributed by atoms with E-state index < -0.39 is 0 Å². The molecule has 0 radical (unpaired) electrons. The van der Waals surface area contributed by atoms with E-state index in [4.69, 9.17) is 0 Å². The summed E-state index contributed by atoms with van der Waals surface area (Å²) in [5.74, 6) is 0.282. The van der Waals surface area contributed by atoms with Gasteiger partial charge in [0.15, 0.2) is 0 Å². The number of aromatic hydroxyl groups is 1. The third-order valence-corrected chi connectivity index (χ3v) is 3.49. The summed E-state index contributed by atoms with van der Waals surface area (Å²) in [6.45, 7) is 0. The van der Waals surface area contributed by atoms with Gasteiger partial charge >= 0.3 is 10.1 Å².